The normalized spacial score (nSPS) is 39.5. The van der Waals surface area contributed by atoms with Crippen LogP contribution in [0, 0.1) is 17.8 Å². The SMILES string of the molecule is COC(=O)[C@@H]1C[C@H]2CC[C@@H](C1)C2(F)F. The lowest BCUT2D eigenvalue weighted by Gasteiger charge is -2.33. The van der Waals surface area contributed by atoms with Crippen LogP contribution in [0.3, 0.4) is 0 Å². The van der Waals surface area contributed by atoms with E-state index < -0.39 is 17.8 Å². The van der Waals surface area contributed by atoms with E-state index in [0.717, 1.165) is 0 Å². The van der Waals surface area contributed by atoms with Crippen molar-refractivity contribution < 1.29 is 18.3 Å². The van der Waals surface area contributed by atoms with Crippen molar-refractivity contribution >= 4 is 5.97 Å². The van der Waals surface area contributed by atoms with Gasteiger partial charge in [0.05, 0.1) is 13.0 Å². The van der Waals surface area contributed by atoms with Gasteiger partial charge >= 0.3 is 5.97 Å². The Bertz CT molecular complexity index is 237. The first-order valence-corrected chi connectivity index (χ1v) is 5.01. The highest BCUT2D eigenvalue weighted by molar-refractivity contribution is 5.72. The molecule has 0 unspecified atom stereocenters. The Kier molecular flexibility index (Phi) is 2.24. The molecule has 3 atom stereocenters. The second-order valence-electron chi connectivity index (χ2n) is 4.34. The summed E-state index contributed by atoms with van der Waals surface area (Å²) >= 11 is 0. The molecule has 2 saturated carbocycles. The second-order valence-corrected chi connectivity index (χ2v) is 4.34. The minimum absolute atomic E-state index is 0.294. The van der Waals surface area contributed by atoms with E-state index in [9.17, 15) is 13.6 Å². The topological polar surface area (TPSA) is 26.3 Å². The number of carbonyl (C=O) groups is 1. The van der Waals surface area contributed by atoms with E-state index in [2.05, 4.69) is 4.74 Å². The zero-order chi connectivity index (χ0) is 10.3. The van der Waals surface area contributed by atoms with Gasteiger partial charge in [-0.05, 0) is 25.7 Å². The number of methoxy groups -OCH3 is 1. The van der Waals surface area contributed by atoms with Crippen LogP contribution in [0.2, 0.25) is 0 Å². The van der Waals surface area contributed by atoms with Gasteiger partial charge in [-0.3, -0.25) is 4.79 Å². The molecule has 4 heteroatoms. The maximum absolute atomic E-state index is 13.4. The van der Waals surface area contributed by atoms with E-state index in [-0.39, 0.29) is 11.9 Å². The van der Waals surface area contributed by atoms with E-state index in [1.54, 1.807) is 0 Å². The predicted octanol–water partition coefficient (Wildman–Crippen LogP) is 2.23. The van der Waals surface area contributed by atoms with Crippen molar-refractivity contribution in [1.82, 2.24) is 0 Å². The molecule has 0 amide bonds. The molecule has 2 aliphatic rings. The van der Waals surface area contributed by atoms with Crippen molar-refractivity contribution in [3.8, 4) is 0 Å². The maximum Gasteiger partial charge on any atom is 0.308 e. The molecule has 14 heavy (non-hydrogen) atoms. The molecule has 2 fully saturated rings. The molecule has 0 aliphatic heterocycles. The first-order chi connectivity index (χ1) is 6.55. The van der Waals surface area contributed by atoms with Crippen molar-refractivity contribution in [1.29, 1.82) is 0 Å². The van der Waals surface area contributed by atoms with Crippen LogP contribution in [0.4, 0.5) is 8.78 Å². The van der Waals surface area contributed by atoms with Crippen LogP contribution < -0.4 is 0 Å². The molecular weight excluding hydrogens is 190 g/mol. The summed E-state index contributed by atoms with van der Waals surface area (Å²) in [6.07, 6.45) is 1.72. The number of hydrogen-bond acceptors (Lipinski definition) is 2. The van der Waals surface area contributed by atoms with Gasteiger partial charge in [0.2, 0.25) is 0 Å². The fraction of sp³-hybridized carbons (Fsp3) is 0.900. The van der Waals surface area contributed by atoms with Gasteiger partial charge in [-0.1, -0.05) is 0 Å². The molecule has 2 bridgehead atoms. The number of carbonyl (C=O) groups excluding carboxylic acids is 1. The fourth-order valence-corrected chi connectivity index (χ4v) is 2.81. The Morgan fingerprint density at radius 3 is 2.21 bits per heavy atom. The van der Waals surface area contributed by atoms with Crippen LogP contribution >= 0.6 is 0 Å². The summed E-state index contributed by atoms with van der Waals surface area (Å²) in [5, 5.41) is 0. The molecule has 0 aromatic carbocycles. The highest BCUT2D eigenvalue weighted by Gasteiger charge is 2.57. The van der Waals surface area contributed by atoms with E-state index in [0.29, 0.717) is 25.7 Å². The summed E-state index contributed by atoms with van der Waals surface area (Å²) in [6, 6.07) is 0. The molecule has 0 radical (unpaired) electrons. The lowest BCUT2D eigenvalue weighted by atomic mass is 9.78. The Balaban J connectivity index is 2.10. The third-order valence-electron chi connectivity index (χ3n) is 3.62. The standard InChI is InChI=1S/C10H14F2O2/c1-14-9(13)6-4-7-2-3-8(5-6)10(7,11)12/h6-8H,2-5H2,1H3/t6-,7-,8+. The predicted molar refractivity (Wildman–Crippen MR) is 45.9 cm³/mol. The monoisotopic (exact) mass is 204 g/mol. The van der Waals surface area contributed by atoms with Gasteiger partial charge in [0, 0.05) is 11.8 Å². The van der Waals surface area contributed by atoms with Crippen molar-refractivity contribution in [3.05, 3.63) is 0 Å². The second kappa shape index (κ2) is 3.17. The lowest BCUT2D eigenvalue weighted by molar-refractivity contribution is -0.156. The molecule has 0 aromatic heterocycles. The molecule has 0 heterocycles. The van der Waals surface area contributed by atoms with E-state index >= 15 is 0 Å². The number of esters is 1. The van der Waals surface area contributed by atoms with Crippen molar-refractivity contribution in [2.24, 2.45) is 17.8 Å². The van der Waals surface area contributed by atoms with Gasteiger partial charge in [0.1, 0.15) is 0 Å². The third-order valence-corrected chi connectivity index (χ3v) is 3.62. The average molecular weight is 204 g/mol. The van der Waals surface area contributed by atoms with Crippen molar-refractivity contribution in [2.75, 3.05) is 7.11 Å². The summed E-state index contributed by atoms with van der Waals surface area (Å²) in [4.78, 5) is 11.2. The average Bonchev–Trinajstić information content (AvgIpc) is 2.41. The van der Waals surface area contributed by atoms with Crippen LogP contribution in [0.1, 0.15) is 25.7 Å². The van der Waals surface area contributed by atoms with E-state index in [1.165, 1.54) is 7.11 Å². The third kappa shape index (κ3) is 1.31. The molecule has 2 rings (SSSR count). The Labute approximate surface area is 81.6 Å². The van der Waals surface area contributed by atoms with Gasteiger partial charge < -0.3 is 4.74 Å². The van der Waals surface area contributed by atoms with Gasteiger partial charge in [0.15, 0.2) is 0 Å². The van der Waals surface area contributed by atoms with E-state index in [4.69, 9.17) is 0 Å². The van der Waals surface area contributed by atoms with Crippen LogP contribution in [0.25, 0.3) is 0 Å². The number of halogens is 2. The quantitative estimate of drug-likeness (QED) is 0.612. The molecule has 0 aromatic rings. The van der Waals surface area contributed by atoms with Gasteiger partial charge in [-0.15, -0.1) is 0 Å². The number of rotatable bonds is 1. The fourth-order valence-electron chi connectivity index (χ4n) is 2.81. The minimum Gasteiger partial charge on any atom is -0.469 e. The summed E-state index contributed by atoms with van der Waals surface area (Å²) in [5.74, 6) is -4.34. The number of ether oxygens (including phenoxy) is 1. The molecular formula is C10H14F2O2. The maximum atomic E-state index is 13.4. The smallest absolute Gasteiger partial charge is 0.308 e. The Morgan fingerprint density at radius 2 is 1.79 bits per heavy atom. The van der Waals surface area contributed by atoms with Crippen molar-refractivity contribution in [2.45, 2.75) is 31.6 Å². The largest absolute Gasteiger partial charge is 0.469 e. The van der Waals surface area contributed by atoms with Crippen LogP contribution in [0.5, 0.6) is 0 Å². The highest BCUT2D eigenvalue weighted by Crippen LogP contribution is 2.54. The molecule has 80 valence electrons. The first-order valence-electron chi connectivity index (χ1n) is 5.01. The lowest BCUT2D eigenvalue weighted by Crippen LogP contribution is -2.39. The number of hydrogen-bond donors (Lipinski definition) is 0. The summed E-state index contributed by atoms with van der Waals surface area (Å²) in [6.45, 7) is 0. The zero-order valence-corrected chi connectivity index (χ0v) is 8.13. The Hall–Kier alpha value is -0.670. The van der Waals surface area contributed by atoms with Gasteiger partial charge in [0.25, 0.3) is 5.92 Å². The molecule has 0 N–H and O–H groups in total. The van der Waals surface area contributed by atoms with Crippen LogP contribution in [-0.2, 0) is 9.53 Å². The number of alkyl halides is 2. The van der Waals surface area contributed by atoms with E-state index in [1.807, 2.05) is 0 Å². The minimum atomic E-state index is -2.54. The van der Waals surface area contributed by atoms with Crippen LogP contribution in [0.15, 0.2) is 0 Å². The van der Waals surface area contributed by atoms with Crippen LogP contribution in [-0.4, -0.2) is 19.0 Å². The molecule has 0 saturated heterocycles. The Morgan fingerprint density at radius 1 is 1.29 bits per heavy atom. The first kappa shape index (κ1) is 9.87. The highest BCUT2D eigenvalue weighted by atomic mass is 19.3. The number of fused-ring (bicyclic) bond motifs is 2. The summed E-state index contributed by atoms with van der Waals surface area (Å²) in [7, 11) is 1.32. The summed E-state index contributed by atoms with van der Waals surface area (Å²) in [5.41, 5.74) is 0. The molecule has 2 aliphatic carbocycles. The molecule has 0 spiro atoms. The van der Waals surface area contributed by atoms with Crippen molar-refractivity contribution in [3.63, 3.8) is 0 Å². The summed E-state index contributed by atoms with van der Waals surface area (Å²) < 4.78 is 31.5. The van der Waals surface area contributed by atoms with Gasteiger partial charge in [-0.25, -0.2) is 8.78 Å². The van der Waals surface area contributed by atoms with Gasteiger partial charge in [-0.2, -0.15) is 0 Å². The zero-order valence-electron chi connectivity index (χ0n) is 8.13. The molecule has 2 nitrogen and oxygen atoms in total.